The molecule has 1 aromatic rings. The Kier molecular flexibility index (Phi) is 2.19. The first-order valence-electron chi connectivity index (χ1n) is 4.57. The van der Waals surface area contributed by atoms with E-state index in [1.807, 2.05) is 12.1 Å². The van der Waals surface area contributed by atoms with Gasteiger partial charge in [0.05, 0.1) is 12.8 Å². The lowest BCUT2D eigenvalue weighted by Gasteiger charge is -2.33. The van der Waals surface area contributed by atoms with Crippen molar-refractivity contribution in [3.63, 3.8) is 0 Å². The third-order valence-corrected chi connectivity index (χ3v) is 2.70. The van der Waals surface area contributed by atoms with E-state index in [4.69, 9.17) is 10.5 Å². The number of methoxy groups -OCH3 is 1. The van der Waals surface area contributed by atoms with Crippen LogP contribution in [0.2, 0.25) is 0 Å². The Morgan fingerprint density at radius 2 is 2.38 bits per heavy atom. The maximum atomic E-state index is 5.88. The van der Waals surface area contributed by atoms with Crippen LogP contribution in [-0.2, 0) is 0 Å². The molecule has 13 heavy (non-hydrogen) atoms. The predicted octanol–water partition coefficient (Wildman–Crippen LogP) is 1.29. The van der Waals surface area contributed by atoms with Crippen LogP contribution >= 0.6 is 0 Å². The minimum absolute atomic E-state index is 0.267. The summed E-state index contributed by atoms with van der Waals surface area (Å²) in [4.78, 5) is 4.32. The molecule has 70 valence electrons. The second-order valence-electron chi connectivity index (χ2n) is 3.44. The maximum Gasteiger partial charge on any atom is 0.140 e. The van der Waals surface area contributed by atoms with Crippen LogP contribution in [0.5, 0.6) is 5.75 Å². The van der Waals surface area contributed by atoms with Crippen molar-refractivity contribution in [3.8, 4) is 5.75 Å². The minimum Gasteiger partial charge on any atom is -0.495 e. The van der Waals surface area contributed by atoms with E-state index in [0.29, 0.717) is 5.92 Å². The van der Waals surface area contributed by atoms with E-state index >= 15 is 0 Å². The molecule has 1 fully saturated rings. The first-order chi connectivity index (χ1) is 6.33. The van der Waals surface area contributed by atoms with E-state index in [-0.39, 0.29) is 6.04 Å². The van der Waals surface area contributed by atoms with Gasteiger partial charge in [0.1, 0.15) is 5.75 Å². The second-order valence-corrected chi connectivity index (χ2v) is 3.44. The number of nitrogens with zero attached hydrogens (tertiary/aromatic N) is 1. The number of ether oxygens (including phenoxy) is 1. The zero-order valence-corrected chi connectivity index (χ0v) is 7.73. The van der Waals surface area contributed by atoms with Crippen LogP contribution in [0.1, 0.15) is 24.5 Å². The van der Waals surface area contributed by atoms with Crippen molar-refractivity contribution >= 4 is 0 Å². The number of pyridine rings is 1. The third-order valence-electron chi connectivity index (χ3n) is 2.70. The highest BCUT2D eigenvalue weighted by atomic mass is 16.5. The average molecular weight is 178 g/mol. The fourth-order valence-electron chi connectivity index (χ4n) is 1.72. The molecule has 2 rings (SSSR count). The molecule has 2 atom stereocenters. The zero-order valence-electron chi connectivity index (χ0n) is 7.73. The lowest BCUT2D eigenvalue weighted by Crippen LogP contribution is -2.37. The zero-order chi connectivity index (χ0) is 9.26. The largest absolute Gasteiger partial charge is 0.495 e. The quantitative estimate of drug-likeness (QED) is 0.742. The van der Waals surface area contributed by atoms with Crippen molar-refractivity contribution in [1.82, 2.24) is 4.98 Å². The minimum atomic E-state index is 0.267. The number of aromatic nitrogens is 1. The highest BCUT2D eigenvalue weighted by Crippen LogP contribution is 2.38. The summed E-state index contributed by atoms with van der Waals surface area (Å²) in [5.41, 5.74) is 6.90. The standard InChI is InChI=1S/C10H14N2O/c1-13-9-3-2-6-12-10(9)7-4-5-8(7)11/h2-3,6-8H,4-5,11H2,1H3. The fraction of sp³-hybridized carbons (Fsp3) is 0.500. The smallest absolute Gasteiger partial charge is 0.140 e. The molecule has 2 unspecified atom stereocenters. The van der Waals surface area contributed by atoms with Crippen LogP contribution in [0.4, 0.5) is 0 Å². The van der Waals surface area contributed by atoms with Gasteiger partial charge in [-0.15, -0.1) is 0 Å². The third kappa shape index (κ3) is 1.40. The molecule has 0 aromatic carbocycles. The van der Waals surface area contributed by atoms with E-state index in [1.165, 1.54) is 0 Å². The fourth-order valence-corrected chi connectivity index (χ4v) is 1.72. The lowest BCUT2D eigenvalue weighted by atomic mass is 9.77. The first kappa shape index (κ1) is 8.51. The van der Waals surface area contributed by atoms with Crippen molar-refractivity contribution < 1.29 is 4.74 Å². The molecular formula is C10H14N2O. The molecule has 1 saturated carbocycles. The summed E-state index contributed by atoms with van der Waals surface area (Å²) in [7, 11) is 1.67. The number of rotatable bonds is 2. The molecule has 0 saturated heterocycles. The van der Waals surface area contributed by atoms with Crippen molar-refractivity contribution in [3.05, 3.63) is 24.0 Å². The van der Waals surface area contributed by atoms with Gasteiger partial charge < -0.3 is 10.5 Å². The second kappa shape index (κ2) is 3.34. The summed E-state index contributed by atoms with van der Waals surface area (Å²) in [6, 6.07) is 4.09. The highest BCUT2D eigenvalue weighted by molar-refractivity contribution is 5.32. The molecule has 0 amide bonds. The Morgan fingerprint density at radius 3 is 2.92 bits per heavy atom. The lowest BCUT2D eigenvalue weighted by molar-refractivity contribution is 0.321. The molecule has 1 aliphatic carbocycles. The van der Waals surface area contributed by atoms with Gasteiger partial charge in [-0.25, -0.2) is 0 Å². The van der Waals surface area contributed by atoms with Gasteiger partial charge in [0.25, 0.3) is 0 Å². The Morgan fingerprint density at radius 1 is 1.54 bits per heavy atom. The van der Waals surface area contributed by atoms with Gasteiger partial charge in [-0.2, -0.15) is 0 Å². The van der Waals surface area contributed by atoms with Crippen LogP contribution in [0.15, 0.2) is 18.3 Å². The van der Waals surface area contributed by atoms with E-state index in [2.05, 4.69) is 4.98 Å². The van der Waals surface area contributed by atoms with Gasteiger partial charge in [-0.05, 0) is 25.0 Å². The normalized spacial score (nSPS) is 26.6. The highest BCUT2D eigenvalue weighted by Gasteiger charge is 2.31. The summed E-state index contributed by atoms with van der Waals surface area (Å²) in [5, 5.41) is 0. The number of nitrogens with two attached hydrogens (primary N) is 1. The SMILES string of the molecule is COc1cccnc1C1CCC1N. The van der Waals surface area contributed by atoms with E-state index in [9.17, 15) is 0 Å². The molecule has 0 spiro atoms. The average Bonchev–Trinajstić information content (AvgIpc) is 2.16. The summed E-state index contributed by atoms with van der Waals surface area (Å²) < 4.78 is 5.23. The van der Waals surface area contributed by atoms with E-state index < -0.39 is 0 Å². The van der Waals surface area contributed by atoms with Gasteiger partial charge in [-0.3, -0.25) is 4.98 Å². The summed E-state index contributed by atoms with van der Waals surface area (Å²) in [5.74, 6) is 1.26. The topological polar surface area (TPSA) is 48.1 Å². The molecule has 0 radical (unpaired) electrons. The maximum absolute atomic E-state index is 5.88. The molecule has 2 N–H and O–H groups in total. The molecule has 1 heterocycles. The Labute approximate surface area is 77.9 Å². The van der Waals surface area contributed by atoms with Crippen LogP contribution < -0.4 is 10.5 Å². The van der Waals surface area contributed by atoms with Crippen molar-refractivity contribution in [2.75, 3.05) is 7.11 Å². The van der Waals surface area contributed by atoms with Crippen molar-refractivity contribution in [2.24, 2.45) is 5.73 Å². The monoisotopic (exact) mass is 178 g/mol. The first-order valence-corrected chi connectivity index (χ1v) is 4.57. The Hall–Kier alpha value is -1.09. The Bertz CT molecular complexity index is 301. The van der Waals surface area contributed by atoms with Gasteiger partial charge in [-0.1, -0.05) is 0 Å². The molecule has 1 aliphatic rings. The van der Waals surface area contributed by atoms with Crippen molar-refractivity contribution in [2.45, 2.75) is 24.8 Å². The molecule has 3 nitrogen and oxygen atoms in total. The molecular weight excluding hydrogens is 164 g/mol. The van der Waals surface area contributed by atoms with Gasteiger partial charge in [0, 0.05) is 18.2 Å². The van der Waals surface area contributed by atoms with Crippen LogP contribution in [0.3, 0.4) is 0 Å². The van der Waals surface area contributed by atoms with Crippen molar-refractivity contribution in [1.29, 1.82) is 0 Å². The summed E-state index contributed by atoms with van der Waals surface area (Å²) in [6.45, 7) is 0. The summed E-state index contributed by atoms with van der Waals surface area (Å²) in [6.07, 6.45) is 4.03. The molecule has 0 aliphatic heterocycles. The number of hydrogen-bond acceptors (Lipinski definition) is 3. The molecule has 1 aromatic heterocycles. The molecule has 3 heteroatoms. The Balaban J connectivity index is 2.28. The van der Waals surface area contributed by atoms with E-state index in [0.717, 1.165) is 24.3 Å². The van der Waals surface area contributed by atoms with Crippen LogP contribution in [0.25, 0.3) is 0 Å². The van der Waals surface area contributed by atoms with Gasteiger partial charge >= 0.3 is 0 Å². The van der Waals surface area contributed by atoms with Gasteiger partial charge in [0.15, 0.2) is 0 Å². The van der Waals surface area contributed by atoms with Crippen LogP contribution in [0, 0.1) is 0 Å². The van der Waals surface area contributed by atoms with E-state index in [1.54, 1.807) is 13.3 Å². The molecule has 0 bridgehead atoms. The van der Waals surface area contributed by atoms with Gasteiger partial charge in [0.2, 0.25) is 0 Å². The number of hydrogen-bond donors (Lipinski definition) is 1. The summed E-state index contributed by atoms with van der Waals surface area (Å²) >= 11 is 0. The van der Waals surface area contributed by atoms with Crippen LogP contribution in [-0.4, -0.2) is 18.1 Å². The predicted molar refractivity (Wildman–Crippen MR) is 50.7 cm³/mol.